The second kappa shape index (κ2) is 8.93. The van der Waals surface area contributed by atoms with Crippen LogP contribution >= 0.6 is 0 Å². The van der Waals surface area contributed by atoms with Crippen LogP contribution in [0.25, 0.3) is 0 Å². The summed E-state index contributed by atoms with van der Waals surface area (Å²) in [6, 6.07) is 0. The molecule has 0 bridgehead atoms. The molecule has 0 radical (unpaired) electrons. The van der Waals surface area contributed by atoms with Crippen LogP contribution in [0.5, 0.6) is 11.5 Å². The summed E-state index contributed by atoms with van der Waals surface area (Å²) in [6.45, 7) is 22.9. The van der Waals surface area contributed by atoms with Gasteiger partial charge in [-0.1, -0.05) is 62.3 Å². The largest absolute Gasteiger partial charge is 0.504 e. The molecule has 0 aromatic heterocycles. The fraction of sp³-hybridized carbons (Fsp3) is 0.760. The SMILES string of the molecule is COc1c(C)c(S(=O)(=O)O)c(C)c(C(C(C)(C)CC(C)C)C(C)(C)CC(C)(C)C)c1O. The van der Waals surface area contributed by atoms with Crippen molar-refractivity contribution >= 4 is 10.1 Å². The van der Waals surface area contributed by atoms with Gasteiger partial charge in [0.1, 0.15) is 4.90 Å². The number of rotatable bonds is 8. The van der Waals surface area contributed by atoms with Crippen molar-refractivity contribution in [2.24, 2.45) is 22.2 Å². The summed E-state index contributed by atoms with van der Waals surface area (Å²) in [5.41, 5.74) is 0.645. The zero-order valence-electron chi connectivity index (χ0n) is 21.6. The van der Waals surface area contributed by atoms with Crippen molar-refractivity contribution in [1.29, 1.82) is 0 Å². The Morgan fingerprint density at radius 1 is 0.935 bits per heavy atom. The van der Waals surface area contributed by atoms with Crippen molar-refractivity contribution in [3.8, 4) is 11.5 Å². The molecule has 0 aliphatic carbocycles. The molecule has 6 heteroatoms. The minimum absolute atomic E-state index is 0.0276. The van der Waals surface area contributed by atoms with E-state index >= 15 is 0 Å². The van der Waals surface area contributed by atoms with Crippen molar-refractivity contribution in [3.05, 3.63) is 16.7 Å². The number of methoxy groups -OCH3 is 1. The maximum absolute atomic E-state index is 12.4. The van der Waals surface area contributed by atoms with Crippen LogP contribution in [-0.2, 0) is 10.1 Å². The number of phenolic OH excluding ortho intramolecular Hbond substituents is 1. The first-order chi connectivity index (χ1) is 13.7. The average Bonchev–Trinajstić information content (AvgIpc) is 2.45. The fourth-order valence-electron chi connectivity index (χ4n) is 6.45. The smallest absolute Gasteiger partial charge is 0.295 e. The van der Waals surface area contributed by atoms with Gasteiger partial charge in [0.15, 0.2) is 11.5 Å². The normalized spacial score (nSPS) is 14.8. The van der Waals surface area contributed by atoms with Gasteiger partial charge in [0.05, 0.1) is 7.11 Å². The molecule has 5 nitrogen and oxygen atoms in total. The Balaban J connectivity index is 4.14. The van der Waals surface area contributed by atoms with Gasteiger partial charge < -0.3 is 9.84 Å². The number of ether oxygens (including phenoxy) is 1. The van der Waals surface area contributed by atoms with Gasteiger partial charge in [0, 0.05) is 11.1 Å². The minimum atomic E-state index is -4.51. The summed E-state index contributed by atoms with van der Waals surface area (Å²) in [7, 11) is -3.10. The molecule has 1 unspecified atom stereocenters. The van der Waals surface area contributed by atoms with E-state index in [4.69, 9.17) is 4.74 Å². The third kappa shape index (κ3) is 6.16. The summed E-state index contributed by atoms with van der Waals surface area (Å²) in [5, 5.41) is 11.4. The van der Waals surface area contributed by atoms with Crippen LogP contribution in [0, 0.1) is 36.0 Å². The molecule has 2 N–H and O–H groups in total. The molecular formula is C25H44O5S. The lowest BCUT2D eigenvalue weighted by Crippen LogP contribution is -2.38. The molecule has 0 heterocycles. The first-order valence-corrected chi connectivity index (χ1v) is 12.5. The van der Waals surface area contributed by atoms with Crippen molar-refractivity contribution < 1.29 is 22.8 Å². The Morgan fingerprint density at radius 2 is 1.42 bits per heavy atom. The molecular weight excluding hydrogens is 412 g/mol. The number of aromatic hydroxyl groups is 1. The molecule has 0 aliphatic heterocycles. The Labute approximate surface area is 190 Å². The molecule has 0 spiro atoms. The molecule has 0 amide bonds. The molecule has 0 saturated carbocycles. The monoisotopic (exact) mass is 456 g/mol. The first kappa shape index (κ1) is 27.8. The van der Waals surface area contributed by atoms with Crippen molar-refractivity contribution in [3.63, 3.8) is 0 Å². The van der Waals surface area contributed by atoms with Crippen molar-refractivity contribution in [1.82, 2.24) is 0 Å². The molecule has 180 valence electrons. The lowest BCUT2D eigenvalue weighted by molar-refractivity contribution is 0.0764. The second-order valence-corrected chi connectivity index (χ2v) is 13.5. The summed E-state index contributed by atoms with van der Waals surface area (Å²) < 4.78 is 40.2. The van der Waals surface area contributed by atoms with Gasteiger partial charge in [-0.3, -0.25) is 4.55 Å². The van der Waals surface area contributed by atoms with Gasteiger partial charge in [-0.05, 0) is 60.3 Å². The number of benzene rings is 1. The Kier molecular flexibility index (Phi) is 8.00. The third-order valence-corrected chi connectivity index (χ3v) is 7.26. The average molecular weight is 457 g/mol. The van der Waals surface area contributed by atoms with Gasteiger partial charge in [0.2, 0.25) is 0 Å². The van der Waals surface area contributed by atoms with E-state index in [1.54, 1.807) is 13.8 Å². The van der Waals surface area contributed by atoms with E-state index in [1.165, 1.54) is 7.11 Å². The zero-order valence-corrected chi connectivity index (χ0v) is 22.4. The van der Waals surface area contributed by atoms with Crippen LogP contribution < -0.4 is 4.74 Å². The summed E-state index contributed by atoms with van der Waals surface area (Å²) in [4.78, 5) is -0.172. The van der Waals surface area contributed by atoms with E-state index in [-0.39, 0.29) is 44.1 Å². The highest BCUT2D eigenvalue weighted by Gasteiger charge is 2.46. The lowest BCUT2D eigenvalue weighted by atomic mass is 9.56. The highest BCUT2D eigenvalue weighted by Crippen LogP contribution is 2.59. The molecule has 0 saturated heterocycles. The molecule has 1 aromatic rings. The molecule has 0 fully saturated rings. The van der Waals surface area contributed by atoms with Crippen LogP contribution in [0.2, 0.25) is 0 Å². The van der Waals surface area contributed by atoms with Gasteiger partial charge in [0.25, 0.3) is 10.1 Å². The zero-order chi connectivity index (χ0) is 24.7. The van der Waals surface area contributed by atoms with Crippen LogP contribution in [0.4, 0.5) is 0 Å². The fourth-order valence-corrected chi connectivity index (χ4v) is 7.43. The second-order valence-electron chi connectivity index (χ2n) is 12.1. The maximum Gasteiger partial charge on any atom is 0.295 e. The Hall–Kier alpha value is -1.27. The van der Waals surface area contributed by atoms with E-state index in [0.29, 0.717) is 17.0 Å². The molecule has 1 atom stereocenters. The predicted octanol–water partition coefficient (Wildman–Crippen LogP) is 6.88. The topological polar surface area (TPSA) is 83.8 Å². The molecule has 1 rings (SSSR count). The Morgan fingerprint density at radius 3 is 1.77 bits per heavy atom. The lowest BCUT2D eigenvalue weighted by Gasteiger charge is -2.49. The Bertz CT molecular complexity index is 903. The van der Waals surface area contributed by atoms with E-state index in [0.717, 1.165) is 12.8 Å². The van der Waals surface area contributed by atoms with E-state index in [9.17, 15) is 18.1 Å². The molecule has 1 aromatic carbocycles. The van der Waals surface area contributed by atoms with Crippen LogP contribution in [0.3, 0.4) is 0 Å². The highest BCUT2D eigenvalue weighted by molar-refractivity contribution is 7.86. The van der Waals surface area contributed by atoms with Crippen molar-refractivity contribution in [2.45, 2.75) is 99.8 Å². The minimum Gasteiger partial charge on any atom is -0.504 e. The van der Waals surface area contributed by atoms with E-state index in [1.807, 2.05) is 0 Å². The van der Waals surface area contributed by atoms with Gasteiger partial charge in [-0.15, -0.1) is 0 Å². The first-order valence-electron chi connectivity index (χ1n) is 11.0. The highest BCUT2D eigenvalue weighted by atomic mass is 32.2. The van der Waals surface area contributed by atoms with E-state index in [2.05, 4.69) is 62.3 Å². The number of hydrogen-bond donors (Lipinski definition) is 2. The number of phenols is 1. The number of hydrogen-bond acceptors (Lipinski definition) is 4. The summed E-state index contributed by atoms with van der Waals surface area (Å²) in [5.74, 6) is 0.300. The quantitative estimate of drug-likeness (QED) is 0.416. The van der Waals surface area contributed by atoms with Crippen LogP contribution in [-0.4, -0.2) is 25.2 Å². The van der Waals surface area contributed by atoms with Gasteiger partial charge in [-0.2, -0.15) is 8.42 Å². The van der Waals surface area contributed by atoms with Gasteiger partial charge in [-0.25, -0.2) is 0 Å². The molecule has 0 aliphatic rings. The van der Waals surface area contributed by atoms with Crippen LogP contribution in [0.15, 0.2) is 4.90 Å². The predicted molar refractivity (Wildman–Crippen MR) is 128 cm³/mol. The summed E-state index contributed by atoms with van der Waals surface area (Å²) >= 11 is 0. The van der Waals surface area contributed by atoms with Gasteiger partial charge >= 0.3 is 0 Å². The van der Waals surface area contributed by atoms with E-state index < -0.39 is 10.1 Å². The standard InChI is InChI=1S/C25H44O5S/c1-15(2)13-24(8,9)22(25(10,11)14-23(5,6)7)18-16(3)21(31(27,28)29)17(4)20(30-12)19(18)26/h15,22,26H,13-14H2,1-12H3,(H,27,28,29). The summed E-state index contributed by atoms with van der Waals surface area (Å²) in [6.07, 6.45) is 1.75. The van der Waals surface area contributed by atoms with Crippen LogP contribution in [0.1, 0.15) is 97.8 Å². The third-order valence-electron chi connectivity index (χ3n) is 6.13. The van der Waals surface area contributed by atoms with Crippen molar-refractivity contribution in [2.75, 3.05) is 7.11 Å². The molecule has 31 heavy (non-hydrogen) atoms. The maximum atomic E-state index is 12.4.